The summed E-state index contributed by atoms with van der Waals surface area (Å²) in [5.41, 5.74) is 7.35. The van der Waals surface area contributed by atoms with Gasteiger partial charge in [0.15, 0.2) is 11.5 Å². The van der Waals surface area contributed by atoms with Crippen molar-refractivity contribution in [2.45, 2.75) is 6.92 Å². The molecule has 0 spiro atoms. The molecule has 1 aromatic rings. The third-order valence-electron chi connectivity index (χ3n) is 1.86. The van der Waals surface area contributed by atoms with Crippen LogP contribution in [0.3, 0.4) is 0 Å². The van der Waals surface area contributed by atoms with Crippen LogP contribution in [0.4, 0.5) is 5.69 Å². The summed E-state index contributed by atoms with van der Waals surface area (Å²) in [4.78, 5) is 0. The number of benzene rings is 1. The molecule has 14 heavy (non-hydrogen) atoms. The molecule has 0 atom stereocenters. The minimum absolute atomic E-state index is 0.207. The summed E-state index contributed by atoms with van der Waals surface area (Å²) in [6.07, 6.45) is 5.09. The van der Waals surface area contributed by atoms with Crippen molar-refractivity contribution in [3.05, 3.63) is 17.7 Å². The summed E-state index contributed by atoms with van der Waals surface area (Å²) in [5.74, 6) is 3.61. The Morgan fingerprint density at radius 1 is 1.43 bits per heavy atom. The van der Waals surface area contributed by atoms with Gasteiger partial charge in [-0.3, -0.25) is 0 Å². The SMILES string of the molecule is C#CCOc1cc(N)c(C)cc1OC. The number of methoxy groups -OCH3 is 1. The summed E-state index contributed by atoms with van der Waals surface area (Å²) < 4.78 is 10.4. The van der Waals surface area contributed by atoms with Gasteiger partial charge in [-0.25, -0.2) is 0 Å². The summed E-state index contributed by atoms with van der Waals surface area (Å²) in [7, 11) is 1.58. The second-order valence-corrected chi connectivity index (χ2v) is 2.85. The van der Waals surface area contributed by atoms with Crippen LogP contribution in [-0.4, -0.2) is 13.7 Å². The number of ether oxygens (including phenoxy) is 2. The standard InChI is InChI=1S/C11H13NO2/c1-4-5-14-11-7-9(12)8(2)6-10(11)13-3/h1,6-7H,5,12H2,2-3H3. The van der Waals surface area contributed by atoms with E-state index in [4.69, 9.17) is 21.6 Å². The molecule has 3 heteroatoms. The predicted octanol–water partition coefficient (Wildman–Crippen LogP) is 1.60. The van der Waals surface area contributed by atoms with Gasteiger partial charge < -0.3 is 15.2 Å². The highest BCUT2D eigenvalue weighted by atomic mass is 16.5. The highest BCUT2D eigenvalue weighted by Gasteiger charge is 2.06. The van der Waals surface area contributed by atoms with Crippen molar-refractivity contribution >= 4 is 5.69 Å². The maximum absolute atomic E-state index is 5.73. The van der Waals surface area contributed by atoms with Gasteiger partial charge in [0.25, 0.3) is 0 Å². The fraction of sp³-hybridized carbons (Fsp3) is 0.273. The zero-order chi connectivity index (χ0) is 10.6. The molecular weight excluding hydrogens is 178 g/mol. The zero-order valence-electron chi connectivity index (χ0n) is 8.33. The normalized spacial score (nSPS) is 9.21. The molecule has 3 nitrogen and oxygen atoms in total. The molecule has 0 aliphatic heterocycles. The van der Waals surface area contributed by atoms with Gasteiger partial charge in [0.1, 0.15) is 6.61 Å². The third kappa shape index (κ3) is 2.11. The van der Waals surface area contributed by atoms with Crippen LogP contribution in [0.15, 0.2) is 12.1 Å². The van der Waals surface area contributed by atoms with Crippen molar-refractivity contribution in [2.75, 3.05) is 19.5 Å². The largest absolute Gasteiger partial charge is 0.493 e. The molecule has 0 aromatic heterocycles. The average molecular weight is 191 g/mol. The van der Waals surface area contributed by atoms with Gasteiger partial charge in [-0.1, -0.05) is 5.92 Å². The first kappa shape index (κ1) is 10.3. The molecule has 0 unspecified atom stereocenters. The number of anilines is 1. The number of hydrogen-bond acceptors (Lipinski definition) is 3. The molecule has 0 amide bonds. The van der Waals surface area contributed by atoms with Crippen LogP contribution in [0.25, 0.3) is 0 Å². The van der Waals surface area contributed by atoms with Gasteiger partial charge in [-0.15, -0.1) is 6.42 Å². The van der Waals surface area contributed by atoms with Crippen molar-refractivity contribution in [3.63, 3.8) is 0 Å². The molecule has 74 valence electrons. The maximum atomic E-state index is 5.73. The first-order valence-electron chi connectivity index (χ1n) is 4.19. The molecule has 0 heterocycles. The molecule has 0 radical (unpaired) electrons. The number of terminal acetylenes is 1. The van der Waals surface area contributed by atoms with E-state index < -0.39 is 0 Å². The number of hydrogen-bond donors (Lipinski definition) is 1. The molecule has 2 N–H and O–H groups in total. The predicted molar refractivity (Wildman–Crippen MR) is 56.5 cm³/mol. The van der Waals surface area contributed by atoms with Gasteiger partial charge in [-0.05, 0) is 18.6 Å². The lowest BCUT2D eigenvalue weighted by Crippen LogP contribution is -1.99. The van der Waals surface area contributed by atoms with Gasteiger partial charge in [0.2, 0.25) is 0 Å². The Kier molecular flexibility index (Phi) is 3.24. The van der Waals surface area contributed by atoms with Crippen LogP contribution >= 0.6 is 0 Å². The zero-order valence-corrected chi connectivity index (χ0v) is 8.33. The van der Waals surface area contributed by atoms with E-state index in [-0.39, 0.29) is 6.61 Å². The second kappa shape index (κ2) is 4.43. The summed E-state index contributed by atoms with van der Waals surface area (Å²) in [5, 5.41) is 0. The number of nitrogens with two attached hydrogens (primary N) is 1. The van der Waals surface area contributed by atoms with Crippen molar-refractivity contribution in [3.8, 4) is 23.8 Å². The van der Waals surface area contributed by atoms with E-state index in [0.717, 1.165) is 5.56 Å². The van der Waals surface area contributed by atoms with Crippen molar-refractivity contribution in [1.29, 1.82) is 0 Å². The van der Waals surface area contributed by atoms with Crippen LogP contribution < -0.4 is 15.2 Å². The second-order valence-electron chi connectivity index (χ2n) is 2.85. The van der Waals surface area contributed by atoms with Crippen LogP contribution in [-0.2, 0) is 0 Å². The summed E-state index contributed by atoms with van der Waals surface area (Å²) >= 11 is 0. The van der Waals surface area contributed by atoms with Crippen molar-refractivity contribution < 1.29 is 9.47 Å². The lowest BCUT2D eigenvalue weighted by molar-refractivity contribution is 0.331. The van der Waals surface area contributed by atoms with Gasteiger partial charge in [0.05, 0.1) is 7.11 Å². The monoisotopic (exact) mass is 191 g/mol. The van der Waals surface area contributed by atoms with E-state index in [9.17, 15) is 0 Å². The van der Waals surface area contributed by atoms with E-state index in [0.29, 0.717) is 17.2 Å². The number of rotatable bonds is 3. The van der Waals surface area contributed by atoms with Crippen molar-refractivity contribution in [2.24, 2.45) is 0 Å². The van der Waals surface area contributed by atoms with Gasteiger partial charge in [0, 0.05) is 11.8 Å². The van der Waals surface area contributed by atoms with Crippen LogP contribution in [0, 0.1) is 19.3 Å². The lowest BCUT2D eigenvalue weighted by atomic mass is 10.2. The van der Waals surface area contributed by atoms with Gasteiger partial charge in [-0.2, -0.15) is 0 Å². The smallest absolute Gasteiger partial charge is 0.164 e. The topological polar surface area (TPSA) is 44.5 Å². The lowest BCUT2D eigenvalue weighted by Gasteiger charge is -2.11. The molecule has 1 rings (SSSR count). The Morgan fingerprint density at radius 2 is 2.14 bits per heavy atom. The minimum atomic E-state index is 0.207. The minimum Gasteiger partial charge on any atom is -0.493 e. The average Bonchev–Trinajstić information content (AvgIpc) is 2.19. The van der Waals surface area contributed by atoms with Crippen LogP contribution in [0.2, 0.25) is 0 Å². The molecule has 0 aliphatic carbocycles. The van der Waals surface area contributed by atoms with E-state index in [2.05, 4.69) is 5.92 Å². The summed E-state index contributed by atoms with van der Waals surface area (Å²) in [6.45, 7) is 2.11. The molecule has 0 aliphatic rings. The number of nitrogen functional groups attached to an aromatic ring is 1. The quantitative estimate of drug-likeness (QED) is 0.583. The molecule has 0 bridgehead atoms. The molecule has 0 saturated carbocycles. The first-order valence-corrected chi connectivity index (χ1v) is 4.19. The van der Waals surface area contributed by atoms with Crippen LogP contribution in [0.1, 0.15) is 5.56 Å². The van der Waals surface area contributed by atoms with Crippen LogP contribution in [0.5, 0.6) is 11.5 Å². The highest BCUT2D eigenvalue weighted by molar-refractivity contribution is 5.57. The molecule has 0 saturated heterocycles. The summed E-state index contributed by atoms with van der Waals surface area (Å²) in [6, 6.07) is 3.53. The Labute approximate surface area is 83.8 Å². The Balaban J connectivity index is 3.02. The van der Waals surface area contributed by atoms with Gasteiger partial charge >= 0.3 is 0 Å². The fourth-order valence-electron chi connectivity index (χ4n) is 1.07. The molecule has 0 fully saturated rings. The maximum Gasteiger partial charge on any atom is 0.164 e. The molecular formula is C11H13NO2. The Hall–Kier alpha value is -1.82. The number of aryl methyl sites for hydroxylation is 1. The first-order chi connectivity index (χ1) is 6.69. The Bertz CT molecular complexity index is 366. The van der Waals surface area contributed by atoms with E-state index >= 15 is 0 Å². The van der Waals surface area contributed by atoms with E-state index in [1.807, 2.05) is 13.0 Å². The van der Waals surface area contributed by atoms with E-state index in [1.54, 1.807) is 13.2 Å². The van der Waals surface area contributed by atoms with Crippen molar-refractivity contribution in [1.82, 2.24) is 0 Å². The molecule has 1 aromatic carbocycles. The van der Waals surface area contributed by atoms with E-state index in [1.165, 1.54) is 0 Å². The Morgan fingerprint density at radius 3 is 2.71 bits per heavy atom. The fourth-order valence-corrected chi connectivity index (χ4v) is 1.07. The third-order valence-corrected chi connectivity index (χ3v) is 1.86. The highest BCUT2D eigenvalue weighted by Crippen LogP contribution is 2.31.